The molecule has 0 atom stereocenters. The van der Waals surface area contributed by atoms with E-state index in [0.29, 0.717) is 51.0 Å². The van der Waals surface area contributed by atoms with Gasteiger partial charge in [0.2, 0.25) is 5.91 Å². The van der Waals surface area contributed by atoms with Gasteiger partial charge >= 0.3 is 0 Å². The SMILES string of the molecule is CN(CC1CC1)C(=O)c1nc(-c2nn(Cc3ccccc3F)c3cc(Cl)ccc23)nc2c1C(C)(C)C(=O)N2. The third kappa shape index (κ3) is 4.11. The zero-order valence-corrected chi connectivity index (χ0v) is 22.0. The van der Waals surface area contributed by atoms with E-state index < -0.39 is 5.41 Å². The van der Waals surface area contributed by atoms with Crippen LogP contribution in [0.15, 0.2) is 42.5 Å². The van der Waals surface area contributed by atoms with Crippen LogP contribution in [0.25, 0.3) is 22.4 Å². The first-order valence-electron chi connectivity index (χ1n) is 12.5. The number of amides is 2. The monoisotopic (exact) mass is 532 g/mol. The molecule has 1 aliphatic carbocycles. The molecular formula is C28H26ClFN6O2. The van der Waals surface area contributed by atoms with E-state index >= 15 is 0 Å². The van der Waals surface area contributed by atoms with Crippen molar-refractivity contribution in [3.05, 3.63) is 70.1 Å². The number of nitrogens with zero attached hydrogens (tertiary/aromatic N) is 5. The highest BCUT2D eigenvalue weighted by atomic mass is 35.5. The Labute approximate surface area is 223 Å². The molecule has 10 heteroatoms. The molecule has 0 radical (unpaired) electrons. The van der Waals surface area contributed by atoms with Crippen molar-refractivity contribution in [2.24, 2.45) is 5.92 Å². The van der Waals surface area contributed by atoms with Crippen LogP contribution in [-0.2, 0) is 16.8 Å². The fourth-order valence-corrected chi connectivity index (χ4v) is 5.12. The maximum atomic E-state index is 14.5. The van der Waals surface area contributed by atoms with Crippen molar-refractivity contribution >= 4 is 40.1 Å². The van der Waals surface area contributed by atoms with E-state index in [9.17, 15) is 14.0 Å². The first-order valence-corrected chi connectivity index (χ1v) is 12.9. The maximum Gasteiger partial charge on any atom is 0.272 e. The van der Waals surface area contributed by atoms with Crippen LogP contribution in [0.3, 0.4) is 0 Å². The molecule has 8 nitrogen and oxygen atoms in total. The molecule has 0 unspecified atom stereocenters. The lowest BCUT2D eigenvalue weighted by Gasteiger charge is -2.22. The number of anilines is 1. The molecule has 0 spiro atoms. The summed E-state index contributed by atoms with van der Waals surface area (Å²) in [7, 11) is 1.76. The standard InChI is InChI=1S/C28H26ClFN6O2/c1-28(2)21-23(26(37)35(3)13-15-8-9-15)31-25(32-24(21)33-27(28)38)22-18-11-10-17(29)12-20(18)36(34-22)14-16-6-4-5-7-19(16)30/h4-7,10-12,15H,8-9,13-14H2,1-3H3,(H,31,32,33,38). The molecule has 2 aliphatic rings. The van der Waals surface area contributed by atoms with Crippen molar-refractivity contribution in [1.82, 2.24) is 24.6 Å². The second-order valence-corrected chi connectivity index (χ2v) is 11.0. The van der Waals surface area contributed by atoms with E-state index in [2.05, 4.69) is 10.3 Å². The Balaban J connectivity index is 1.52. The Bertz CT molecular complexity index is 1630. The summed E-state index contributed by atoms with van der Waals surface area (Å²) in [6.07, 6.45) is 2.20. The Morgan fingerprint density at radius 1 is 1.21 bits per heavy atom. The molecule has 1 fully saturated rings. The number of halogens is 2. The zero-order valence-electron chi connectivity index (χ0n) is 21.3. The predicted octanol–water partition coefficient (Wildman–Crippen LogP) is 5.05. The van der Waals surface area contributed by atoms with Crippen molar-refractivity contribution in [3.63, 3.8) is 0 Å². The lowest BCUT2D eigenvalue weighted by atomic mass is 9.85. The number of benzene rings is 2. The number of hydrogen-bond acceptors (Lipinski definition) is 5. The van der Waals surface area contributed by atoms with Gasteiger partial charge in [0.15, 0.2) is 5.82 Å². The lowest BCUT2D eigenvalue weighted by molar-refractivity contribution is -0.119. The number of hydrogen-bond donors (Lipinski definition) is 1. The molecule has 2 aromatic heterocycles. The molecule has 4 aromatic rings. The normalized spacial score (nSPS) is 16.0. The average Bonchev–Trinajstić information content (AvgIpc) is 3.58. The molecule has 2 amide bonds. The van der Waals surface area contributed by atoms with Crippen molar-refractivity contribution in [2.45, 2.75) is 38.6 Å². The van der Waals surface area contributed by atoms with Gasteiger partial charge in [0, 0.05) is 35.1 Å². The smallest absolute Gasteiger partial charge is 0.272 e. The van der Waals surface area contributed by atoms with E-state index in [1.807, 2.05) is 0 Å². The van der Waals surface area contributed by atoms with Gasteiger partial charge in [-0.15, -0.1) is 0 Å². The summed E-state index contributed by atoms with van der Waals surface area (Å²) in [5.74, 6) is 0.140. The van der Waals surface area contributed by atoms with E-state index in [4.69, 9.17) is 21.7 Å². The molecular weight excluding hydrogens is 507 g/mol. The van der Waals surface area contributed by atoms with Gasteiger partial charge in [-0.3, -0.25) is 14.3 Å². The fourth-order valence-electron chi connectivity index (χ4n) is 4.95. The summed E-state index contributed by atoms with van der Waals surface area (Å²) < 4.78 is 16.1. The van der Waals surface area contributed by atoms with E-state index in [1.54, 1.807) is 66.9 Å². The third-order valence-electron chi connectivity index (χ3n) is 7.32. The summed E-state index contributed by atoms with van der Waals surface area (Å²) in [5, 5.41) is 8.77. The summed E-state index contributed by atoms with van der Waals surface area (Å²) in [6.45, 7) is 4.31. The number of carbonyl (C=O) groups is 2. The van der Waals surface area contributed by atoms with Crippen molar-refractivity contribution < 1.29 is 14.0 Å². The minimum atomic E-state index is -0.973. The number of aromatic nitrogens is 4. The molecule has 194 valence electrons. The quantitative estimate of drug-likeness (QED) is 0.375. The van der Waals surface area contributed by atoms with Gasteiger partial charge in [-0.1, -0.05) is 29.8 Å². The highest BCUT2D eigenvalue weighted by molar-refractivity contribution is 6.31. The third-order valence-corrected chi connectivity index (χ3v) is 7.55. The first kappa shape index (κ1) is 24.5. The highest BCUT2D eigenvalue weighted by Crippen LogP contribution is 2.40. The lowest BCUT2D eigenvalue weighted by Crippen LogP contribution is -2.34. The van der Waals surface area contributed by atoms with Crippen molar-refractivity contribution in [2.75, 3.05) is 18.9 Å². The van der Waals surface area contributed by atoms with Crippen molar-refractivity contribution in [1.29, 1.82) is 0 Å². The fraction of sp³-hybridized carbons (Fsp3) is 0.321. The van der Waals surface area contributed by atoms with E-state index in [0.717, 1.165) is 12.8 Å². The van der Waals surface area contributed by atoms with Gasteiger partial charge in [0.25, 0.3) is 5.91 Å². The number of fused-ring (bicyclic) bond motifs is 2. The minimum absolute atomic E-state index is 0.161. The van der Waals surface area contributed by atoms with Gasteiger partial charge in [-0.25, -0.2) is 14.4 Å². The van der Waals surface area contributed by atoms with E-state index in [1.165, 1.54) is 6.07 Å². The Hall–Kier alpha value is -3.85. The largest absolute Gasteiger partial charge is 0.340 e. The summed E-state index contributed by atoms with van der Waals surface area (Å²) in [4.78, 5) is 37.5. The van der Waals surface area contributed by atoms with Gasteiger partial charge in [0.05, 0.1) is 17.5 Å². The van der Waals surface area contributed by atoms with Crippen molar-refractivity contribution in [3.8, 4) is 11.5 Å². The number of nitrogens with one attached hydrogen (secondary N) is 1. The number of carbonyl (C=O) groups excluding carboxylic acids is 2. The van der Waals surface area contributed by atoms with Gasteiger partial charge in [0.1, 0.15) is 23.0 Å². The van der Waals surface area contributed by atoms with Crippen LogP contribution in [0.5, 0.6) is 0 Å². The number of rotatable bonds is 6. The second kappa shape index (κ2) is 8.87. The summed E-state index contributed by atoms with van der Waals surface area (Å²) >= 11 is 6.31. The van der Waals surface area contributed by atoms with Crippen LogP contribution in [-0.4, -0.2) is 50.1 Å². The molecule has 38 heavy (non-hydrogen) atoms. The molecule has 0 saturated heterocycles. The predicted molar refractivity (Wildman–Crippen MR) is 143 cm³/mol. The molecule has 2 aromatic carbocycles. The van der Waals surface area contributed by atoms with Gasteiger partial charge < -0.3 is 10.2 Å². The van der Waals surface area contributed by atoms with Crippen LogP contribution in [0.2, 0.25) is 5.02 Å². The Morgan fingerprint density at radius 2 is 1.97 bits per heavy atom. The topological polar surface area (TPSA) is 93.0 Å². The summed E-state index contributed by atoms with van der Waals surface area (Å²) in [5.41, 5.74) is 1.24. The molecule has 0 bridgehead atoms. The average molecular weight is 533 g/mol. The molecule has 1 saturated carbocycles. The molecule has 1 aliphatic heterocycles. The van der Waals surface area contributed by atoms with Crippen LogP contribution in [0.4, 0.5) is 10.2 Å². The Morgan fingerprint density at radius 3 is 2.71 bits per heavy atom. The van der Waals surface area contributed by atoms with Crippen LogP contribution in [0.1, 0.15) is 48.3 Å². The van der Waals surface area contributed by atoms with Gasteiger partial charge in [-0.2, -0.15) is 5.10 Å². The van der Waals surface area contributed by atoms with Crippen LogP contribution in [0, 0.1) is 11.7 Å². The zero-order chi connectivity index (χ0) is 26.8. The minimum Gasteiger partial charge on any atom is -0.340 e. The van der Waals surface area contributed by atoms with Gasteiger partial charge in [-0.05, 0) is 56.9 Å². The molecule has 6 rings (SSSR count). The maximum absolute atomic E-state index is 14.5. The van der Waals surface area contributed by atoms with E-state index in [-0.39, 0.29) is 35.7 Å². The molecule has 3 heterocycles. The van der Waals surface area contributed by atoms with Crippen LogP contribution < -0.4 is 5.32 Å². The van der Waals surface area contributed by atoms with Crippen LogP contribution >= 0.6 is 11.6 Å². The summed E-state index contributed by atoms with van der Waals surface area (Å²) in [6, 6.07) is 11.8. The highest BCUT2D eigenvalue weighted by Gasteiger charge is 2.44. The Kier molecular flexibility index (Phi) is 5.72. The first-order chi connectivity index (χ1) is 18.1. The molecule has 1 N–H and O–H groups in total. The second-order valence-electron chi connectivity index (χ2n) is 10.6.